The largest absolute Gasteiger partial charge is 0.402 e. The molecule has 0 radical (unpaired) electrons. The summed E-state index contributed by atoms with van der Waals surface area (Å²) in [5.41, 5.74) is 13.7. The molecule has 0 spiro atoms. The van der Waals surface area contributed by atoms with Gasteiger partial charge in [-0.3, -0.25) is 25.2 Å². The van der Waals surface area contributed by atoms with Gasteiger partial charge in [-0.15, -0.1) is 0 Å². The van der Waals surface area contributed by atoms with E-state index < -0.39 is 0 Å². The summed E-state index contributed by atoms with van der Waals surface area (Å²) in [6.45, 7) is 5.60. The number of likely N-dealkylation sites (tertiary alicyclic amines) is 1. The van der Waals surface area contributed by atoms with Gasteiger partial charge < -0.3 is 15.3 Å². The number of aromatic nitrogens is 6. The summed E-state index contributed by atoms with van der Waals surface area (Å²) in [5.74, 6) is 0.0840. The molecule has 10 nitrogen and oxygen atoms in total. The number of aryl methyl sites for hydroxylation is 1. The monoisotopic (exact) mass is 550 g/mol. The number of allylic oxidation sites excluding steroid dienone is 3. The number of aromatic amines is 1. The van der Waals surface area contributed by atoms with Gasteiger partial charge >= 0.3 is 0 Å². The quantitative estimate of drug-likeness (QED) is 0.348. The normalized spacial score (nSPS) is 17.3. The summed E-state index contributed by atoms with van der Waals surface area (Å²) in [6.07, 6.45) is 15.5. The van der Waals surface area contributed by atoms with Crippen LogP contribution in [0.1, 0.15) is 52.6 Å². The minimum atomic E-state index is -0.385. The average Bonchev–Trinajstić information content (AvgIpc) is 3.67. The van der Waals surface area contributed by atoms with Gasteiger partial charge in [0.2, 0.25) is 0 Å². The zero-order chi connectivity index (χ0) is 27.9. The number of nitrogens with two attached hydrogens (primary N) is 1. The van der Waals surface area contributed by atoms with Crippen LogP contribution >= 0.6 is 0 Å². The number of hydrogen-bond acceptors (Lipinski definition) is 8. The fourth-order valence-electron chi connectivity index (χ4n) is 5.75. The van der Waals surface area contributed by atoms with E-state index in [0.29, 0.717) is 59.3 Å². The van der Waals surface area contributed by atoms with Crippen molar-refractivity contribution in [3.05, 3.63) is 101 Å². The van der Waals surface area contributed by atoms with Gasteiger partial charge in [0.25, 0.3) is 0 Å². The van der Waals surface area contributed by atoms with E-state index >= 15 is 4.39 Å². The van der Waals surface area contributed by atoms with Crippen molar-refractivity contribution in [2.24, 2.45) is 10.7 Å². The number of rotatable bonds is 5. The van der Waals surface area contributed by atoms with Crippen molar-refractivity contribution in [3.63, 3.8) is 0 Å². The Labute approximate surface area is 237 Å². The molecule has 3 aliphatic rings. The van der Waals surface area contributed by atoms with Crippen LogP contribution in [0.4, 0.5) is 4.39 Å². The van der Waals surface area contributed by atoms with Gasteiger partial charge in [-0.2, -0.15) is 0 Å². The SMILES string of the molecule is Cc1cn(C2=CC=C(N)Cc3[nH]c(C4=NCNCc5ncc(-c6cncc(CN7CCCC7)c6)c(F)c54)nc32)cn1. The fourth-order valence-corrected chi connectivity index (χ4v) is 5.75. The molecule has 1 aliphatic carbocycles. The third-order valence-corrected chi connectivity index (χ3v) is 7.75. The lowest BCUT2D eigenvalue weighted by molar-refractivity contribution is 0.331. The van der Waals surface area contributed by atoms with E-state index in [0.717, 1.165) is 48.0 Å². The van der Waals surface area contributed by atoms with Gasteiger partial charge in [-0.1, -0.05) is 0 Å². The van der Waals surface area contributed by atoms with Crippen LogP contribution < -0.4 is 11.1 Å². The van der Waals surface area contributed by atoms with Crippen molar-refractivity contribution in [3.8, 4) is 11.1 Å². The van der Waals surface area contributed by atoms with Crippen molar-refractivity contribution < 1.29 is 4.39 Å². The van der Waals surface area contributed by atoms with Crippen molar-refractivity contribution in [1.82, 2.24) is 39.7 Å². The van der Waals surface area contributed by atoms with E-state index in [1.54, 1.807) is 18.7 Å². The molecule has 0 aromatic carbocycles. The third-order valence-electron chi connectivity index (χ3n) is 7.75. The van der Waals surface area contributed by atoms with Crippen LogP contribution in [0.3, 0.4) is 0 Å². The maximum Gasteiger partial charge on any atom is 0.157 e. The van der Waals surface area contributed by atoms with Crippen LogP contribution in [-0.2, 0) is 19.5 Å². The Hall–Kier alpha value is -4.48. The Bertz CT molecular complexity index is 1720. The van der Waals surface area contributed by atoms with E-state index in [9.17, 15) is 0 Å². The number of nitrogens with zero attached hydrogens (tertiary/aromatic N) is 7. The number of imidazole rings is 2. The first-order valence-corrected chi connectivity index (χ1v) is 13.9. The van der Waals surface area contributed by atoms with E-state index in [4.69, 9.17) is 15.7 Å². The van der Waals surface area contributed by atoms with Gasteiger partial charge in [0.1, 0.15) is 17.2 Å². The van der Waals surface area contributed by atoms with Gasteiger partial charge in [-0.05, 0) is 56.6 Å². The lowest BCUT2D eigenvalue weighted by atomic mass is 9.99. The summed E-state index contributed by atoms with van der Waals surface area (Å²) in [7, 11) is 0. The highest BCUT2D eigenvalue weighted by atomic mass is 19.1. The molecular weight excluding hydrogens is 519 g/mol. The number of nitrogens with one attached hydrogen (secondary N) is 2. The second kappa shape index (κ2) is 10.5. The van der Waals surface area contributed by atoms with E-state index in [-0.39, 0.29) is 5.82 Å². The van der Waals surface area contributed by atoms with Crippen LogP contribution in [0.25, 0.3) is 16.8 Å². The molecule has 208 valence electrons. The van der Waals surface area contributed by atoms with E-state index in [2.05, 4.69) is 30.2 Å². The highest BCUT2D eigenvalue weighted by Crippen LogP contribution is 2.31. The van der Waals surface area contributed by atoms with Gasteiger partial charge in [-0.25, -0.2) is 14.4 Å². The topological polar surface area (TPSA) is 126 Å². The minimum absolute atomic E-state index is 0.310. The number of aliphatic imine (C=N–C) groups is 1. The van der Waals surface area contributed by atoms with Crippen LogP contribution in [0.5, 0.6) is 0 Å². The Kier molecular flexibility index (Phi) is 6.52. The van der Waals surface area contributed by atoms with Gasteiger partial charge in [0.05, 0.1) is 41.3 Å². The zero-order valence-electron chi connectivity index (χ0n) is 22.9. The Morgan fingerprint density at radius 3 is 2.80 bits per heavy atom. The van der Waals surface area contributed by atoms with Gasteiger partial charge in [0.15, 0.2) is 5.82 Å². The standard InChI is InChI=1S/C30H31FN10/c1-18-14-41(17-37-18)25-5-4-21(32)9-23-28(25)39-30(38-23)29-26-24(13-34-16-36-29)35-12-22(27(26)31)20-8-19(10-33-11-20)15-40-6-2-3-7-40/h4-5,8,10-12,14,17,34H,2-3,6-7,9,13,15-16,32H2,1H3,(H,38,39). The molecule has 0 atom stereocenters. The van der Waals surface area contributed by atoms with Crippen molar-refractivity contribution >= 4 is 11.4 Å². The molecule has 0 amide bonds. The molecule has 0 saturated carbocycles. The van der Waals surface area contributed by atoms with Crippen molar-refractivity contribution in [2.45, 2.75) is 39.3 Å². The Morgan fingerprint density at radius 2 is 1.98 bits per heavy atom. The summed E-state index contributed by atoms with van der Waals surface area (Å²) in [5, 5.41) is 3.23. The van der Waals surface area contributed by atoms with E-state index in [1.165, 1.54) is 12.8 Å². The molecule has 7 rings (SSSR count). The number of halogens is 1. The average molecular weight is 551 g/mol. The molecule has 1 saturated heterocycles. The predicted octanol–water partition coefficient (Wildman–Crippen LogP) is 3.29. The summed E-state index contributed by atoms with van der Waals surface area (Å²) in [6, 6.07) is 2.01. The third kappa shape index (κ3) is 4.87. The second-order valence-electron chi connectivity index (χ2n) is 10.8. The van der Waals surface area contributed by atoms with Crippen molar-refractivity contribution in [2.75, 3.05) is 19.8 Å². The molecule has 1 fully saturated rings. The maximum atomic E-state index is 16.6. The van der Waals surface area contributed by atoms with Crippen LogP contribution in [0.2, 0.25) is 0 Å². The highest BCUT2D eigenvalue weighted by Gasteiger charge is 2.28. The number of fused-ring (bicyclic) bond motifs is 2. The lowest BCUT2D eigenvalue weighted by Crippen LogP contribution is -2.18. The fraction of sp³-hybridized carbons (Fsp3) is 0.300. The molecule has 6 heterocycles. The first kappa shape index (κ1) is 25.5. The summed E-state index contributed by atoms with van der Waals surface area (Å²) < 4.78 is 18.5. The predicted molar refractivity (Wildman–Crippen MR) is 154 cm³/mol. The highest BCUT2D eigenvalue weighted by molar-refractivity contribution is 6.12. The van der Waals surface area contributed by atoms with Crippen LogP contribution in [0.15, 0.2) is 60.0 Å². The van der Waals surface area contributed by atoms with Crippen molar-refractivity contribution in [1.29, 1.82) is 0 Å². The Balaban J connectivity index is 1.30. The molecule has 11 heteroatoms. The number of pyridine rings is 2. The minimum Gasteiger partial charge on any atom is -0.402 e. The van der Waals surface area contributed by atoms with E-state index in [1.807, 2.05) is 42.1 Å². The molecule has 4 N–H and O–H groups in total. The van der Waals surface area contributed by atoms with Crippen LogP contribution in [-0.4, -0.2) is 59.9 Å². The van der Waals surface area contributed by atoms with Gasteiger partial charge in [0, 0.05) is 61.1 Å². The first-order chi connectivity index (χ1) is 20.0. The molecule has 41 heavy (non-hydrogen) atoms. The lowest BCUT2D eigenvalue weighted by Gasteiger charge is -2.16. The number of H-pyrrole nitrogens is 1. The smallest absolute Gasteiger partial charge is 0.157 e. The maximum absolute atomic E-state index is 16.6. The first-order valence-electron chi connectivity index (χ1n) is 13.9. The molecular formula is C30H31FN10. The van der Waals surface area contributed by atoms with Crippen LogP contribution in [0, 0.1) is 12.7 Å². The summed E-state index contributed by atoms with van der Waals surface area (Å²) in [4.78, 5) is 29.0. The molecule has 0 unspecified atom stereocenters. The zero-order valence-corrected chi connectivity index (χ0v) is 22.9. The molecule has 4 aromatic rings. The summed E-state index contributed by atoms with van der Waals surface area (Å²) >= 11 is 0. The molecule has 2 aliphatic heterocycles. The molecule has 4 aromatic heterocycles. The molecule has 0 bridgehead atoms. The number of hydrogen-bond donors (Lipinski definition) is 3. The Morgan fingerprint density at radius 1 is 1.10 bits per heavy atom. The second-order valence-corrected chi connectivity index (χ2v) is 10.8.